The predicted molar refractivity (Wildman–Crippen MR) is 123 cm³/mol. The summed E-state index contributed by atoms with van der Waals surface area (Å²) in [4.78, 5) is 25.4. The third kappa shape index (κ3) is 6.97. The van der Waals surface area contributed by atoms with Crippen LogP contribution in [0.25, 0.3) is 0 Å². The van der Waals surface area contributed by atoms with Gasteiger partial charge in [0.15, 0.2) is 0 Å². The van der Waals surface area contributed by atoms with Crippen molar-refractivity contribution in [3.8, 4) is 0 Å². The quantitative estimate of drug-likeness (QED) is 0.670. The number of nitrogens with one attached hydrogen (secondary N) is 2. The van der Waals surface area contributed by atoms with Gasteiger partial charge in [0.05, 0.1) is 17.7 Å². The fraction of sp³-hybridized carbons (Fsp3) is 0.792. The Hall–Kier alpha value is -2.05. The number of ether oxygens (including phenoxy) is 1. The molecule has 1 aromatic rings. The Morgan fingerprint density at radius 1 is 1.26 bits per heavy atom. The lowest BCUT2D eigenvalue weighted by atomic mass is 9.73. The smallest absolute Gasteiger partial charge is 0.407 e. The maximum Gasteiger partial charge on any atom is 0.407 e. The second-order valence-electron chi connectivity index (χ2n) is 10.6. The van der Waals surface area contributed by atoms with E-state index < -0.39 is 17.2 Å². The molecule has 0 aliphatic heterocycles. The van der Waals surface area contributed by atoms with Crippen LogP contribution in [0.15, 0.2) is 0 Å². The highest BCUT2D eigenvalue weighted by atomic mass is 16.6. The van der Waals surface area contributed by atoms with Crippen molar-refractivity contribution in [1.29, 1.82) is 0 Å². The molecule has 2 rings (SSSR count). The summed E-state index contributed by atoms with van der Waals surface area (Å²) in [7, 11) is 0. The van der Waals surface area contributed by atoms with Crippen LogP contribution in [0.5, 0.6) is 0 Å². The van der Waals surface area contributed by atoms with Gasteiger partial charge >= 0.3 is 6.09 Å². The first kappa shape index (κ1) is 25.2. The average Bonchev–Trinajstić information content (AvgIpc) is 2.88. The molecule has 2 amide bonds. The highest BCUT2D eigenvalue weighted by Gasteiger charge is 2.40. The number of amides is 2. The highest BCUT2D eigenvalue weighted by Crippen LogP contribution is 2.33. The van der Waals surface area contributed by atoms with Gasteiger partial charge in [0, 0.05) is 24.3 Å². The zero-order valence-electron chi connectivity index (χ0n) is 20.7. The number of aryl methyl sites for hydroxylation is 1. The molecule has 0 bridgehead atoms. The molecule has 1 heterocycles. The lowest BCUT2D eigenvalue weighted by Gasteiger charge is -2.43. The van der Waals surface area contributed by atoms with Gasteiger partial charge in [-0.3, -0.25) is 9.48 Å². The van der Waals surface area contributed by atoms with Gasteiger partial charge in [0.25, 0.3) is 0 Å². The van der Waals surface area contributed by atoms with E-state index in [1.165, 1.54) is 0 Å². The summed E-state index contributed by atoms with van der Waals surface area (Å²) in [6.07, 6.45) is 3.91. The third-order valence-corrected chi connectivity index (χ3v) is 6.20. The molecule has 1 saturated carbocycles. The molecule has 0 unspecified atom stereocenters. The molecule has 7 nitrogen and oxygen atoms in total. The molecule has 1 fully saturated rings. The van der Waals surface area contributed by atoms with Gasteiger partial charge in [-0.25, -0.2) is 4.79 Å². The number of aromatic nitrogens is 2. The number of carbonyl (C=O) groups is 2. The second-order valence-corrected chi connectivity index (χ2v) is 10.6. The molecule has 0 aromatic carbocycles. The van der Waals surface area contributed by atoms with E-state index in [0.29, 0.717) is 18.9 Å². The Kier molecular flexibility index (Phi) is 8.17. The summed E-state index contributed by atoms with van der Waals surface area (Å²) in [6.45, 7) is 17.2. The number of nitrogens with zero attached hydrogens (tertiary/aromatic N) is 2. The van der Waals surface area contributed by atoms with Crippen molar-refractivity contribution in [2.75, 3.05) is 6.54 Å². The molecule has 2 N–H and O–H groups in total. The van der Waals surface area contributed by atoms with Crippen LogP contribution in [0.2, 0.25) is 0 Å². The van der Waals surface area contributed by atoms with E-state index in [1.54, 1.807) is 0 Å². The van der Waals surface area contributed by atoms with Gasteiger partial charge in [0.1, 0.15) is 5.60 Å². The molecule has 1 aliphatic carbocycles. The molecule has 176 valence electrons. The Morgan fingerprint density at radius 3 is 2.52 bits per heavy atom. The van der Waals surface area contributed by atoms with Crippen LogP contribution in [0.4, 0.5) is 4.79 Å². The van der Waals surface area contributed by atoms with Crippen molar-refractivity contribution in [2.24, 2.45) is 11.8 Å². The fourth-order valence-electron chi connectivity index (χ4n) is 4.45. The van der Waals surface area contributed by atoms with E-state index in [0.717, 1.165) is 49.2 Å². The van der Waals surface area contributed by atoms with E-state index in [1.807, 2.05) is 39.3 Å². The standard InChI is InChI=1S/C24H42N4O3/c1-16(2)14-28-19(5)20(18(4)27-28)13-21(29)26-24(12-10-9-11-17(24)3)15-25-22(30)31-23(6,7)8/h16-17H,9-15H2,1-8H3,(H,25,30)(H,26,29)/t17-,24-/m0/s1. The van der Waals surface area contributed by atoms with Gasteiger partial charge < -0.3 is 15.4 Å². The van der Waals surface area contributed by atoms with Crippen molar-refractivity contribution in [3.63, 3.8) is 0 Å². The molecule has 31 heavy (non-hydrogen) atoms. The van der Waals surface area contributed by atoms with Crippen LogP contribution >= 0.6 is 0 Å². The first-order chi connectivity index (χ1) is 14.3. The van der Waals surface area contributed by atoms with E-state index in [2.05, 4.69) is 36.5 Å². The molecule has 0 radical (unpaired) electrons. The number of hydrogen-bond acceptors (Lipinski definition) is 4. The van der Waals surface area contributed by atoms with Crippen LogP contribution in [-0.2, 0) is 22.5 Å². The number of carbonyl (C=O) groups excluding carboxylic acids is 2. The van der Waals surface area contributed by atoms with Gasteiger partial charge in [-0.05, 0) is 59.3 Å². The lowest BCUT2D eigenvalue weighted by molar-refractivity contribution is -0.123. The minimum atomic E-state index is -0.552. The summed E-state index contributed by atoms with van der Waals surface area (Å²) in [5, 5.41) is 10.9. The molecule has 0 spiro atoms. The van der Waals surface area contributed by atoms with Crippen LogP contribution < -0.4 is 10.6 Å². The van der Waals surface area contributed by atoms with Crippen LogP contribution in [0.3, 0.4) is 0 Å². The second kappa shape index (κ2) is 10.0. The molecular weight excluding hydrogens is 392 g/mol. The van der Waals surface area contributed by atoms with Crippen molar-refractivity contribution in [2.45, 2.75) is 105 Å². The minimum absolute atomic E-state index is 0.0185. The molecule has 7 heteroatoms. The maximum absolute atomic E-state index is 13.1. The summed E-state index contributed by atoms with van der Waals surface area (Å²) >= 11 is 0. The van der Waals surface area contributed by atoms with Gasteiger partial charge in [-0.1, -0.05) is 33.6 Å². The molecule has 0 saturated heterocycles. The van der Waals surface area contributed by atoms with Crippen molar-refractivity contribution < 1.29 is 14.3 Å². The van der Waals surface area contributed by atoms with Gasteiger partial charge in [-0.15, -0.1) is 0 Å². The van der Waals surface area contributed by atoms with Gasteiger partial charge in [-0.2, -0.15) is 5.10 Å². The minimum Gasteiger partial charge on any atom is -0.444 e. The van der Waals surface area contributed by atoms with E-state index in [9.17, 15) is 9.59 Å². The van der Waals surface area contributed by atoms with E-state index in [-0.39, 0.29) is 11.8 Å². The van der Waals surface area contributed by atoms with Gasteiger partial charge in [0.2, 0.25) is 5.91 Å². The summed E-state index contributed by atoms with van der Waals surface area (Å²) in [6, 6.07) is 0. The normalized spacial score (nSPS) is 21.8. The third-order valence-electron chi connectivity index (χ3n) is 6.20. The number of rotatable bonds is 7. The predicted octanol–water partition coefficient (Wildman–Crippen LogP) is 4.29. The van der Waals surface area contributed by atoms with E-state index >= 15 is 0 Å². The molecule has 1 aliphatic rings. The Bertz CT molecular complexity index is 779. The van der Waals surface area contributed by atoms with Crippen LogP contribution in [0, 0.1) is 25.7 Å². The Balaban J connectivity index is 2.12. The van der Waals surface area contributed by atoms with Crippen molar-refractivity contribution >= 4 is 12.0 Å². The monoisotopic (exact) mass is 434 g/mol. The fourth-order valence-corrected chi connectivity index (χ4v) is 4.45. The molecule has 1 aromatic heterocycles. The van der Waals surface area contributed by atoms with E-state index in [4.69, 9.17) is 4.74 Å². The topological polar surface area (TPSA) is 85.3 Å². The van der Waals surface area contributed by atoms with Crippen molar-refractivity contribution in [3.05, 3.63) is 17.0 Å². The maximum atomic E-state index is 13.1. The summed E-state index contributed by atoms with van der Waals surface area (Å²) in [5.74, 6) is 0.742. The largest absolute Gasteiger partial charge is 0.444 e. The lowest BCUT2D eigenvalue weighted by Crippen LogP contribution is -2.61. The number of hydrogen-bond donors (Lipinski definition) is 2. The first-order valence-electron chi connectivity index (χ1n) is 11.6. The Morgan fingerprint density at radius 2 is 1.94 bits per heavy atom. The zero-order chi connectivity index (χ0) is 23.4. The summed E-state index contributed by atoms with van der Waals surface area (Å²) < 4.78 is 7.41. The average molecular weight is 435 g/mol. The number of alkyl carbamates (subject to hydrolysis) is 1. The summed E-state index contributed by atoms with van der Waals surface area (Å²) in [5.41, 5.74) is 1.95. The van der Waals surface area contributed by atoms with Crippen molar-refractivity contribution in [1.82, 2.24) is 20.4 Å². The Labute approximate surface area is 187 Å². The van der Waals surface area contributed by atoms with Crippen LogP contribution in [0.1, 0.15) is 84.2 Å². The molecular formula is C24H42N4O3. The SMILES string of the molecule is Cc1nn(CC(C)C)c(C)c1CC(=O)N[C@]1(CNC(=O)OC(C)(C)C)CCCC[C@@H]1C. The van der Waals surface area contributed by atoms with Crippen LogP contribution in [-0.4, -0.2) is 39.5 Å². The highest BCUT2D eigenvalue weighted by molar-refractivity contribution is 5.80. The zero-order valence-corrected chi connectivity index (χ0v) is 20.7. The first-order valence-corrected chi connectivity index (χ1v) is 11.6. The molecule has 2 atom stereocenters.